The van der Waals surface area contributed by atoms with Gasteiger partial charge in [-0.3, -0.25) is 9.59 Å². The first-order chi connectivity index (χ1) is 13.6. The number of anilines is 3. The number of hydrogen-bond acceptors (Lipinski definition) is 4. The highest BCUT2D eigenvalue weighted by Crippen LogP contribution is 2.18. The van der Waals surface area contributed by atoms with Gasteiger partial charge in [0.1, 0.15) is 5.75 Å². The molecule has 0 aliphatic carbocycles. The molecule has 6 nitrogen and oxygen atoms in total. The van der Waals surface area contributed by atoms with Crippen LogP contribution in [0.25, 0.3) is 0 Å². The molecule has 150 valence electrons. The molecule has 0 fully saturated rings. The second-order valence-electron chi connectivity index (χ2n) is 6.60. The molecule has 0 spiro atoms. The maximum atomic E-state index is 12.2. The molecule has 0 aromatic heterocycles. The molecule has 0 unspecified atom stereocenters. The third-order valence-corrected chi connectivity index (χ3v) is 4.04. The third kappa shape index (κ3) is 8.12. The second kappa shape index (κ2) is 11.6. The molecule has 0 aliphatic heterocycles. The van der Waals surface area contributed by atoms with E-state index >= 15 is 0 Å². The minimum atomic E-state index is -0.147. The first-order valence-corrected chi connectivity index (χ1v) is 9.71. The molecule has 2 aromatic carbocycles. The number of carbonyl (C=O) groups is 2. The van der Waals surface area contributed by atoms with E-state index in [0.29, 0.717) is 18.0 Å². The van der Waals surface area contributed by atoms with Crippen LogP contribution in [0.4, 0.5) is 17.1 Å². The lowest BCUT2D eigenvalue weighted by Crippen LogP contribution is -2.21. The monoisotopic (exact) mass is 383 g/mol. The molecule has 0 heterocycles. The molecule has 0 saturated heterocycles. The molecule has 2 rings (SSSR count). The summed E-state index contributed by atoms with van der Waals surface area (Å²) in [7, 11) is 0. The van der Waals surface area contributed by atoms with Crippen LogP contribution in [0, 0.1) is 0 Å². The van der Waals surface area contributed by atoms with Gasteiger partial charge < -0.3 is 20.7 Å². The van der Waals surface area contributed by atoms with Crippen molar-refractivity contribution in [3.05, 3.63) is 48.5 Å². The Kier molecular flexibility index (Phi) is 8.85. The Labute approximate surface area is 166 Å². The van der Waals surface area contributed by atoms with E-state index in [2.05, 4.69) is 22.9 Å². The highest BCUT2D eigenvalue weighted by atomic mass is 16.5. The summed E-state index contributed by atoms with van der Waals surface area (Å²) in [5.41, 5.74) is 2.22. The van der Waals surface area contributed by atoms with Crippen molar-refractivity contribution in [2.75, 3.05) is 29.1 Å². The van der Waals surface area contributed by atoms with E-state index in [4.69, 9.17) is 4.74 Å². The largest absolute Gasteiger partial charge is 0.494 e. The number of nitrogens with one attached hydrogen (secondary N) is 3. The van der Waals surface area contributed by atoms with Crippen LogP contribution < -0.4 is 20.7 Å². The highest BCUT2D eigenvalue weighted by molar-refractivity contribution is 5.94. The van der Waals surface area contributed by atoms with E-state index < -0.39 is 0 Å². The van der Waals surface area contributed by atoms with Gasteiger partial charge in [0.15, 0.2) is 0 Å². The molecule has 0 aliphatic rings. The van der Waals surface area contributed by atoms with Crippen LogP contribution in [0.2, 0.25) is 0 Å². The molecule has 2 amide bonds. The Bertz CT molecular complexity index is 760. The van der Waals surface area contributed by atoms with Gasteiger partial charge in [-0.25, -0.2) is 0 Å². The standard InChI is InChI=1S/C22H29N3O3/c1-3-4-5-6-14-28-21-9-7-8-20(15-21)25-22(27)16-23-18-10-12-19(13-11-18)24-17(2)26/h7-13,15,23H,3-6,14,16H2,1-2H3,(H,24,26)(H,25,27). The van der Waals surface area contributed by atoms with Gasteiger partial charge in [-0.1, -0.05) is 32.3 Å². The van der Waals surface area contributed by atoms with Gasteiger partial charge >= 0.3 is 0 Å². The van der Waals surface area contributed by atoms with Crippen LogP contribution in [-0.4, -0.2) is 25.0 Å². The molecule has 0 radical (unpaired) electrons. The van der Waals surface area contributed by atoms with E-state index in [-0.39, 0.29) is 18.4 Å². The van der Waals surface area contributed by atoms with E-state index in [0.717, 1.165) is 17.9 Å². The van der Waals surface area contributed by atoms with Crippen molar-refractivity contribution in [1.29, 1.82) is 0 Å². The van der Waals surface area contributed by atoms with Gasteiger partial charge in [0.25, 0.3) is 0 Å². The number of carbonyl (C=O) groups excluding carboxylic acids is 2. The SMILES string of the molecule is CCCCCCOc1cccc(NC(=O)CNc2ccc(NC(C)=O)cc2)c1. The molecule has 0 bridgehead atoms. The number of unbranched alkanes of at least 4 members (excludes halogenated alkanes) is 3. The quantitative estimate of drug-likeness (QED) is 0.493. The fraction of sp³-hybridized carbons (Fsp3) is 0.364. The minimum Gasteiger partial charge on any atom is -0.494 e. The van der Waals surface area contributed by atoms with Crippen LogP contribution in [-0.2, 0) is 9.59 Å². The fourth-order valence-corrected chi connectivity index (χ4v) is 2.64. The maximum absolute atomic E-state index is 12.2. The zero-order valence-corrected chi connectivity index (χ0v) is 16.6. The summed E-state index contributed by atoms with van der Waals surface area (Å²) in [5.74, 6) is 0.495. The average molecular weight is 383 g/mol. The molecule has 2 aromatic rings. The lowest BCUT2D eigenvalue weighted by atomic mass is 10.2. The van der Waals surface area contributed by atoms with Crippen molar-refractivity contribution < 1.29 is 14.3 Å². The predicted molar refractivity (Wildman–Crippen MR) is 114 cm³/mol. The Balaban J connectivity index is 1.76. The molecular weight excluding hydrogens is 354 g/mol. The van der Waals surface area contributed by atoms with Crippen molar-refractivity contribution in [2.45, 2.75) is 39.5 Å². The maximum Gasteiger partial charge on any atom is 0.243 e. The molecule has 0 saturated carbocycles. The van der Waals surface area contributed by atoms with Crippen LogP contribution in [0.3, 0.4) is 0 Å². The second-order valence-corrected chi connectivity index (χ2v) is 6.60. The Hall–Kier alpha value is -3.02. The Morgan fingerprint density at radius 3 is 2.36 bits per heavy atom. The Morgan fingerprint density at radius 2 is 1.64 bits per heavy atom. The normalized spacial score (nSPS) is 10.2. The van der Waals surface area contributed by atoms with Gasteiger partial charge in [-0.05, 0) is 42.8 Å². The highest BCUT2D eigenvalue weighted by Gasteiger charge is 2.04. The van der Waals surface area contributed by atoms with Crippen molar-refractivity contribution in [3.8, 4) is 5.75 Å². The zero-order chi connectivity index (χ0) is 20.2. The van der Waals surface area contributed by atoms with Crippen molar-refractivity contribution >= 4 is 28.9 Å². The number of hydrogen-bond donors (Lipinski definition) is 3. The van der Waals surface area contributed by atoms with Gasteiger partial charge in [0, 0.05) is 30.1 Å². The van der Waals surface area contributed by atoms with Crippen LogP contribution in [0.1, 0.15) is 39.5 Å². The van der Waals surface area contributed by atoms with Gasteiger partial charge in [-0.15, -0.1) is 0 Å². The van der Waals surface area contributed by atoms with Crippen molar-refractivity contribution in [2.24, 2.45) is 0 Å². The lowest BCUT2D eigenvalue weighted by Gasteiger charge is -2.10. The van der Waals surface area contributed by atoms with Gasteiger partial charge in [-0.2, -0.15) is 0 Å². The summed E-state index contributed by atoms with van der Waals surface area (Å²) >= 11 is 0. The summed E-state index contributed by atoms with van der Waals surface area (Å²) in [6.45, 7) is 4.47. The number of rotatable bonds is 11. The van der Waals surface area contributed by atoms with Crippen molar-refractivity contribution in [1.82, 2.24) is 0 Å². The van der Waals surface area contributed by atoms with Gasteiger partial charge in [0.05, 0.1) is 13.2 Å². The van der Waals surface area contributed by atoms with E-state index in [1.807, 2.05) is 36.4 Å². The summed E-state index contributed by atoms with van der Waals surface area (Å²) < 4.78 is 5.75. The number of benzene rings is 2. The summed E-state index contributed by atoms with van der Waals surface area (Å²) in [4.78, 5) is 23.2. The van der Waals surface area contributed by atoms with E-state index in [1.165, 1.54) is 26.2 Å². The fourth-order valence-electron chi connectivity index (χ4n) is 2.64. The number of amides is 2. The Morgan fingerprint density at radius 1 is 0.893 bits per heavy atom. The van der Waals surface area contributed by atoms with Crippen LogP contribution in [0.5, 0.6) is 5.75 Å². The first-order valence-electron chi connectivity index (χ1n) is 9.71. The summed E-state index contributed by atoms with van der Waals surface area (Å²) in [6, 6.07) is 14.6. The third-order valence-electron chi connectivity index (χ3n) is 4.04. The van der Waals surface area contributed by atoms with Crippen LogP contribution in [0.15, 0.2) is 48.5 Å². The topological polar surface area (TPSA) is 79.5 Å². The molecule has 28 heavy (non-hydrogen) atoms. The minimum absolute atomic E-state index is 0.118. The molecular formula is C22H29N3O3. The van der Waals surface area contributed by atoms with Crippen LogP contribution >= 0.6 is 0 Å². The smallest absolute Gasteiger partial charge is 0.243 e. The lowest BCUT2D eigenvalue weighted by molar-refractivity contribution is -0.115. The number of ether oxygens (including phenoxy) is 1. The first kappa shape index (κ1) is 21.3. The van der Waals surface area contributed by atoms with E-state index in [1.54, 1.807) is 12.1 Å². The predicted octanol–water partition coefficient (Wildman–Crippen LogP) is 4.65. The molecule has 6 heteroatoms. The molecule has 3 N–H and O–H groups in total. The van der Waals surface area contributed by atoms with Gasteiger partial charge in [0.2, 0.25) is 11.8 Å². The summed E-state index contributed by atoms with van der Waals surface area (Å²) in [5, 5.41) is 8.62. The average Bonchev–Trinajstić information content (AvgIpc) is 2.67. The summed E-state index contributed by atoms with van der Waals surface area (Å²) in [6.07, 6.45) is 4.64. The van der Waals surface area contributed by atoms with Crippen molar-refractivity contribution in [3.63, 3.8) is 0 Å². The zero-order valence-electron chi connectivity index (χ0n) is 16.6. The molecule has 0 atom stereocenters. The van der Waals surface area contributed by atoms with E-state index in [9.17, 15) is 9.59 Å².